The van der Waals surface area contributed by atoms with Crippen LogP contribution in [0.5, 0.6) is 5.88 Å². The average Bonchev–Trinajstić information content (AvgIpc) is 2.56. The second-order valence-corrected chi connectivity index (χ2v) is 7.99. The first-order valence-corrected chi connectivity index (χ1v) is 9.59. The fourth-order valence-electron chi connectivity index (χ4n) is 2.47. The van der Waals surface area contributed by atoms with E-state index in [4.69, 9.17) is 4.74 Å². The van der Waals surface area contributed by atoms with Gasteiger partial charge in [0, 0.05) is 11.6 Å². The van der Waals surface area contributed by atoms with Gasteiger partial charge in [-0.2, -0.15) is 17.5 Å². The van der Waals surface area contributed by atoms with Crippen molar-refractivity contribution in [2.75, 3.05) is 13.1 Å². The first kappa shape index (κ1) is 19.4. The number of benzene rings is 1. The Labute approximate surface area is 155 Å². The summed E-state index contributed by atoms with van der Waals surface area (Å²) in [6.45, 7) is 1.86. The fraction of sp³-hybridized carbons (Fsp3) is 0.278. The minimum absolute atomic E-state index is 0.0333. The molecule has 5 nitrogen and oxygen atoms in total. The summed E-state index contributed by atoms with van der Waals surface area (Å²) in [6.07, 6.45) is -2.59. The molecule has 0 spiro atoms. The molecule has 2 aromatic rings. The van der Waals surface area contributed by atoms with Crippen LogP contribution in [-0.4, -0.2) is 36.9 Å². The highest BCUT2D eigenvalue weighted by atomic mass is 32.2. The molecule has 0 saturated carbocycles. The topological polar surface area (TPSA) is 59.5 Å². The number of hydrogen-bond acceptors (Lipinski definition) is 4. The van der Waals surface area contributed by atoms with Crippen molar-refractivity contribution < 1.29 is 26.3 Å². The molecular weight excluding hydrogens is 381 g/mol. The van der Waals surface area contributed by atoms with Crippen LogP contribution in [0, 0.1) is 6.92 Å². The number of rotatable bonds is 5. The molecule has 1 aromatic carbocycles. The molecule has 2 heterocycles. The van der Waals surface area contributed by atoms with Gasteiger partial charge in [-0.05, 0) is 30.7 Å². The number of alkyl halides is 3. The molecule has 1 saturated heterocycles. The molecule has 1 aliphatic heterocycles. The van der Waals surface area contributed by atoms with Gasteiger partial charge < -0.3 is 4.74 Å². The van der Waals surface area contributed by atoms with Crippen LogP contribution >= 0.6 is 0 Å². The van der Waals surface area contributed by atoms with Crippen LogP contribution in [-0.2, 0) is 16.2 Å². The normalized spacial score (nSPS) is 16.4. The second-order valence-electron chi connectivity index (χ2n) is 6.17. The van der Waals surface area contributed by atoms with E-state index in [0.29, 0.717) is 0 Å². The predicted molar refractivity (Wildman–Crippen MR) is 94.4 cm³/mol. The van der Waals surface area contributed by atoms with E-state index in [9.17, 15) is 21.6 Å². The highest BCUT2D eigenvalue weighted by Gasteiger charge is 2.39. The maximum absolute atomic E-state index is 12.9. The lowest BCUT2D eigenvalue weighted by molar-refractivity contribution is -0.140. The van der Waals surface area contributed by atoms with Crippen LogP contribution < -0.4 is 4.74 Å². The summed E-state index contributed by atoms with van der Waals surface area (Å²) >= 11 is 0. The SMILES string of the molecule is Cc1ccc(/C=C/S(=O)(=O)N2CC(Oc3ncccc3C(F)(F)F)C2)cc1. The predicted octanol–water partition coefficient (Wildman–Crippen LogP) is 3.47. The Bertz CT molecular complexity index is 935. The van der Waals surface area contributed by atoms with Crippen LogP contribution in [0.3, 0.4) is 0 Å². The van der Waals surface area contributed by atoms with Crippen molar-refractivity contribution in [2.24, 2.45) is 0 Å². The van der Waals surface area contributed by atoms with Crippen molar-refractivity contribution in [2.45, 2.75) is 19.2 Å². The molecule has 0 N–H and O–H groups in total. The third-order valence-electron chi connectivity index (χ3n) is 4.04. The van der Waals surface area contributed by atoms with Gasteiger partial charge in [0.2, 0.25) is 15.9 Å². The Morgan fingerprint density at radius 2 is 1.85 bits per heavy atom. The van der Waals surface area contributed by atoms with E-state index in [2.05, 4.69) is 4.98 Å². The first-order chi connectivity index (χ1) is 12.6. The Morgan fingerprint density at radius 3 is 2.48 bits per heavy atom. The number of aromatic nitrogens is 1. The molecule has 0 unspecified atom stereocenters. The number of pyridine rings is 1. The van der Waals surface area contributed by atoms with E-state index in [-0.39, 0.29) is 13.1 Å². The van der Waals surface area contributed by atoms with E-state index in [1.165, 1.54) is 18.3 Å². The number of nitrogens with zero attached hydrogens (tertiary/aromatic N) is 2. The maximum atomic E-state index is 12.9. The largest absolute Gasteiger partial charge is 0.471 e. The first-order valence-electron chi connectivity index (χ1n) is 8.09. The van der Waals surface area contributed by atoms with Crippen molar-refractivity contribution in [1.82, 2.24) is 9.29 Å². The Balaban J connectivity index is 1.61. The minimum atomic E-state index is -4.59. The zero-order valence-electron chi connectivity index (χ0n) is 14.3. The van der Waals surface area contributed by atoms with Gasteiger partial charge in [-0.15, -0.1) is 0 Å². The zero-order chi connectivity index (χ0) is 19.7. The summed E-state index contributed by atoms with van der Waals surface area (Å²) in [5.41, 5.74) is 0.817. The van der Waals surface area contributed by atoms with Gasteiger partial charge in [0.05, 0.1) is 13.1 Å². The highest BCUT2D eigenvalue weighted by molar-refractivity contribution is 7.92. The third kappa shape index (κ3) is 4.67. The van der Waals surface area contributed by atoms with Crippen molar-refractivity contribution in [3.8, 4) is 5.88 Å². The molecule has 0 amide bonds. The zero-order valence-corrected chi connectivity index (χ0v) is 15.2. The lowest BCUT2D eigenvalue weighted by Crippen LogP contribution is -2.55. The molecule has 0 atom stereocenters. The van der Waals surface area contributed by atoms with Crippen LogP contribution in [0.4, 0.5) is 13.2 Å². The van der Waals surface area contributed by atoms with Gasteiger partial charge in [0.15, 0.2) is 0 Å². The van der Waals surface area contributed by atoms with Gasteiger partial charge in [-0.25, -0.2) is 13.4 Å². The van der Waals surface area contributed by atoms with E-state index in [1.807, 2.05) is 19.1 Å². The monoisotopic (exact) mass is 398 g/mol. The van der Waals surface area contributed by atoms with E-state index < -0.39 is 33.7 Å². The average molecular weight is 398 g/mol. The lowest BCUT2D eigenvalue weighted by Gasteiger charge is -2.37. The van der Waals surface area contributed by atoms with Gasteiger partial charge in [-0.1, -0.05) is 29.8 Å². The van der Waals surface area contributed by atoms with Crippen molar-refractivity contribution in [3.63, 3.8) is 0 Å². The summed E-state index contributed by atoms with van der Waals surface area (Å²) in [5.74, 6) is -0.540. The molecule has 144 valence electrons. The summed E-state index contributed by atoms with van der Waals surface area (Å²) in [6, 6.07) is 9.37. The van der Waals surface area contributed by atoms with Crippen LogP contribution in [0.15, 0.2) is 48.0 Å². The summed E-state index contributed by atoms with van der Waals surface area (Å²) in [7, 11) is -3.67. The number of ether oxygens (including phenoxy) is 1. The van der Waals surface area contributed by atoms with Crippen LogP contribution in [0.2, 0.25) is 0 Å². The number of halogens is 3. The van der Waals surface area contributed by atoms with E-state index in [0.717, 1.165) is 26.9 Å². The van der Waals surface area contributed by atoms with Gasteiger partial charge >= 0.3 is 6.18 Å². The smallest absolute Gasteiger partial charge is 0.421 e. The van der Waals surface area contributed by atoms with Gasteiger partial charge in [0.1, 0.15) is 11.7 Å². The molecule has 1 aliphatic rings. The van der Waals surface area contributed by atoms with Gasteiger partial charge in [0.25, 0.3) is 0 Å². The quantitative estimate of drug-likeness (QED) is 0.774. The Hall–Kier alpha value is -2.39. The van der Waals surface area contributed by atoms with Crippen LogP contribution in [0.25, 0.3) is 6.08 Å². The maximum Gasteiger partial charge on any atom is 0.421 e. The second kappa shape index (κ2) is 7.32. The van der Waals surface area contributed by atoms with Crippen LogP contribution in [0.1, 0.15) is 16.7 Å². The van der Waals surface area contributed by atoms with E-state index in [1.54, 1.807) is 12.1 Å². The molecule has 0 aliphatic carbocycles. The molecule has 0 radical (unpaired) electrons. The minimum Gasteiger partial charge on any atom is -0.471 e. The van der Waals surface area contributed by atoms with Crippen molar-refractivity contribution >= 4 is 16.1 Å². The molecule has 27 heavy (non-hydrogen) atoms. The third-order valence-corrected chi connectivity index (χ3v) is 5.54. The summed E-state index contributed by atoms with van der Waals surface area (Å²) < 4.78 is 69.7. The summed E-state index contributed by atoms with van der Waals surface area (Å²) in [5, 5.41) is 1.08. The molecule has 0 bridgehead atoms. The fourth-order valence-corrected chi connectivity index (χ4v) is 3.72. The summed E-state index contributed by atoms with van der Waals surface area (Å²) in [4.78, 5) is 3.61. The Kier molecular flexibility index (Phi) is 5.25. The molecule has 1 fully saturated rings. The standard InChI is InChI=1S/C18H17F3N2O3S/c1-13-4-6-14(7-5-13)8-10-27(24,25)23-11-15(12-23)26-17-16(18(19,20)21)3-2-9-22-17/h2-10,15H,11-12H2,1H3/b10-8+. The van der Waals surface area contributed by atoms with Gasteiger partial charge in [-0.3, -0.25) is 0 Å². The van der Waals surface area contributed by atoms with Crippen molar-refractivity contribution in [1.29, 1.82) is 0 Å². The lowest BCUT2D eigenvalue weighted by atomic mass is 10.2. The number of hydrogen-bond donors (Lipinski definition) is 0. The molecule has 9 heteroatoms. The Morgan fingerprint density at radius 1 is 1.19 bits per heavy atom. The molecule has 3 rings (SSSR count). The number of aryl methyl sites for hydroxylation is 1. The molecule has 1 aromatic heterocycles. The van der Waals surface area contributed by atoms with E-state index >= 15 is 0 Å². The van der Waals surface area contributed by atoms with Crippen molar-refractivity contribution in [3.05, 3.63) is 64.7 Å². The highest BCUT2D eigenvalue weighted by Crippen LogP contribution is 2.35. The number of sulfonamides is 1. The molecular formula is C18H17F3N2O3S.